The predicted molar refractivity (Wildman–Crippen MR) is 140 cm³/mol. The maximum absolute atomic E-state index is 13.1. The Morgan fingerprint density at radius 2 is 1.41 bits per heavy atom. The van der Waals surface area contributed by atoms with E-state index in [1.54, 1.807) is 4.90 Å². The number of sulfonamides is 1. The van der Waals surface area contributed by atoms with Crippen LogP contribution in [0.4, 0.5) is 5.69 Å². The molecule has 0 spiro atoms. The third-order valence-corrected chi connectivity index (χ3v) is 8.76. The molecule has 1 saturated heterocycles. The van der Waals surface area contributed by atoms with Crippen molar-refractivity contribution in [2.45, 2.75) is 17.9 Å². The molecule has 0 unspecified atom stereocenters. The first kappa shape index (κ1) is 25.0. The largest absolute Gasteiger partial charge is 0.452 e. The number of carbonyl (C=O) groups excluding carboxylic acids is 2. The lowest BCUT2D eigenvalue weighted by molar-refractivity contribution is -0.134. The molecule has 3 aromatic carbocycles. The second-order valence-electron chi connectivity index (χ2n) is 9.16. The van der Waals surface area contributed by atoms with Gasteiger partial charge in [-0.2, -0.15) is 4.31 Å². The highest BCUT2D eigenvalue weighted by atomic mass is 32.2. The molecule has 2 heterocycles. The maximum Gasteiger partial charge on any atom is 0.338 e. The van der Waals surface area contributed by atoms with Crippen molar-refractivity contribution in [1.82, 2.24) is 9.21 Å². The van der Waals surface area contributed by atoms with Gasteiger partial charge in [0.2, 0.25) is 10.0 Å². The molecule has 3 aromatic rings. The summed E-state index contributed by atoms with van der Waals surface area (Å²) in [6, 6.07) is 23.5. The van der Waals surface area contributed by atoms with Crippen molar-refractivity contribution >= 4 is 27.6 Å². The molecule has 2 aliphatic heterocycles. The van der Waals surface area contributed by atoms with Crippen LogP contribution in [0.1, 0.15) is 21.5 Å². The van der Waals surface area contributed by atoms with Crippen molar-refractivity contribution in [2.75, 3.05) is 44.2 Å². The Bertz CT molecular complexity index is 1370. The second kappa shape index (κ2) is 10.7. The van der Waals surface area contributed by atoms with Crippen LogP contribution >= 0.6 is 0 Å². The van der Waals surface area contributed by atoms with E-state index in [1.807, 2.05) is 54.6 Å². The standard InChI is InChI=1S/C28H29N3O5S/c32-27(30-18-16-29(17-19-30)25-8-2-1-3-9-25)21-36-28(33)23-10-12-26(13-11-23)37(34,35)31-15-14-22-6-4-5-7-24(22)20-31/h1-13H,14-21H2. The van der Waals surface area contributed by atoms with E-state index in [4.69, 9.17) is 4.74 Å². The lowest BCUT2D eigenvalue weighted by Crippen LogP contribution is -2.49. The molecule has 1 amide bonds. The Morgan fingerprint density at radius 3 is 2.11 bits per heavy atom. The zero-order valence-electron chi connectivity index (χ0n) is 20.5. The average molecular weight is 520 g/mol. The number of nitrogens with zero attached hydrogens (tertiary/aromatic N) is 3. The number of amides is 1. The molecular weight excluding hydrogens is 490 g/mol. The van der Waals surface area contributed by atoms with Crippen LogP contribution in [0.15, 0.2) is 83.8 Å². The number of esters is 1. The van der Waals surface area contributed by atoms with Gasteiger partial charge >= 0.3 is 5.97 Å². The predicted octanol–water partition coefficient (Wildman–Crippen LogP) is 2.94. The third-order valence-electron chi connectivity index (χ3n) is 6.90. The Balaban J connectivity index is 1.13. The minimum Gasteiger partial charge on any atom is -0.452 e. The van der Waals surface area contributed by atoms with E-state index in [1.165, 1.54) is 34.1 Å². The number of piperazine rings is 1. The number of carbonyl (C=O) groups is 2. The molecule has 2 aliphatic rings. The second-order valence-corrected chi connectivity index (χ2v) is 11.1. The quantitative estimate of drug-likeness (QED) is 0.466. The van der Waals surface area contributed by atoms with Crippen LogP contribution in [0.2, 0.25) is 0 Å². The Kier molecular flexibility index (Phi) is 7.25. The fourth-order valence-corrected chi connectivity index (χ4v) is 6.16. The molecule has 8 nitrogen and oxygen atoms in total. The number of benzene rings is 3. The van der Waals surface area contributed by atoms with Crippen molar-refractivity contribution in [2.24, 2.45) is 0 Å². The molecule has 37 heavy (non-hydrogen) atoms. The number of rotatable bonds is 6. The molecule has 5 rings (SSSR count). The Hall–Kier alpha value is -3.69. The lowest BCUT2D eigenvalue weighted by Gasteiger charge is -2.36. The molecule has 0 N–H and O–H groups in total. The summed E-state index contributed by atoms with van der Waals surface area (Å²) in [5.74, 6) is -0.905. The number of para-hydroxylation sites is 1. The average Bonchev–Trinajstić information content (AvgIpc) is 2.96. The number of ether oxygens (including phenoxy) is 1. The molecule has 0 aliphatic carbocycles. The van der Waals surface area contributed by atoms with E-state index in [0.29, 0.717) is 45.7 Å². The van der Waals surface area contributed by atoms with Crippen molar-refractivity contribution in [3.05, 3.63) is 95.6 Å². The first-order chi connectivity index (χ1) is 17.9. The van der Waals surface area contributed by atoms with Gasteiger partial charge in [0.15, 0.2) is 6.61 Å². The van der Waals surface area contributed by atoms with Gasteiger partial charge in [0, 0.05) is 45.0 Å². The van der Waals surface area contributed by atoms with Crippen LogP contribution in [0.5, 0.6) is 0 Å². The van der Waals surface area contributed by atoms with E-state index < -0.39 is 16.0 Å². The van der Waals surface area contributed by atoms with Crippen molar-refractivity contribution < 1.29 is 22.7 Å². The molecule has 192 valence electrons. The highest BCUT2D eigenvalue weighted by molar-refractivity contribution is 7.89. The molecule has 1 fully saturated rings. The smallest absolute Gasteiger partial charge is 0.338 e. The van der Waals surface area contributed by atoms with Gasteiger partial charge in [-0.15, -0.1) is 0 Å². The Morgan fingerprint density at radius 1 is 0.757 bits per heavy atom. The molecule has 0 bridgehead atoms. The summed E-state index contributed by atoms with van der Waals surface area (Å²) in [4.78, 5) is 29.1. The zero-order valence-corrected chi connectivity index (χ0v) is 21.3. The zero-order chi connectivity index (χ0) is 25.8. The van der Waals surface area contributed by atoms with Gasteiger partial charge in [-0.1, -0.05) is 42.5 Å². The summed E-state index contributed by atoms with van der Waals surface area (Å²) < 4.78 is 33.0. The van der Waals surface area contributed by atoms with Crippen LogP contribution in [-0.4, -0.2) is 68.8 Å². The van der Waals surface area contributed by atoms with Crippen LogP contribution in [-0.2, 0) is 32.5 Å². The monoisotopic (exact) mass is 519 g/mol. The number of hydrogen-bond donors (Lipinski definition) is 0. The van der Waals surface area contributed by atoms with Crippen molar-refractivity contribution in [3.8, 4) is 0 Å². The summed E-state index contributed by atoms with van der Waals surface area (Å²) in [6.45, 7) is 2.91. The van der Waals surface area contributed by atoms with Crippen LogP contribution in [0.25, 0.3) is 0 Å². The summed E-state index contributed by atoms with van der Waals surface area (Å²) in [5.41, 5.74) is 3.49. The highest BCUT2D eigenvalue weighted by Gasteiger charge is 2.28. The van der Waals surface area contributed by atoms with Gasteiger partial charge in [-0.25, -0.2) is 13.2 Å². The van der Waals surface area contributed by atoms with Crippen LogP contribution < -0.4 is 4.90 Å². The van der Waals surface area contributed by atoms with E-state index in [0.717, 1.165) is 11.3 Å². The van der Waals surface area contributed by atoms with Gasteiger partial charge in [0.25, 0.3) is 5.91 Å². The number of fused-ring (bicyclic) bond motifs is 1. The number of hydrogen-bond acceptors (Lipinski definition) is 6. The third kappa shape index (κ3) is 5.52. The van der Waals surface area contributed by atoms with Gasteiger partial charge in [-0.3, -0.25) is 4.79 Å². The van der Waals surface area contributed by atoms with Crippen molar-refractivity contribution in [1.29, 1.82) is 0 Å². The molecule has 0 saturated carbocycles. The topological polar surface area (TPSA) is 87.2 Å². The summed E-state index contributed by atoms with van der Waals surface area (Å²) >= 11 is 0. The van der Waals surface area contributed by atoms with Crippen LogP contribution in [0, 0.1) is 0 Å². The summed E-state index contributed by atoms with van der Waals surface area (Å²) in [7, 11) is -3.70. The lowest BCUT2D eigenvalue weighted by atomic mass is 10.0. The Labute approximate surface area is 217 Å². The number of anilines is 1. The minimum atomic E-state index is -3.70. The van der Waals surface area contributed by atoms with E-state index >= 15 is 0 Å². The first-order valence-corrected chi connectivity index (χ1v) is 13.8. The minimum absolute atomic E-state index is 0.121. The fraction of sp³-hybridized carbons (Fsp3) is 0.286. The van der Waals surface area contributed by atoms with Crippen LogP contribution in [0.3, 0.4) is 0 Å². The van der Waals surface area contributed by atoms with Gasteiger partial charge in [0.05, 0.1) is 10.5 Å². The maximum atomic E-state index is 13.1. The molecule has 0 atom stereocenters. The van der Waals surface area contributed by atoms with Gasteiger partial charge in [0.1, 0.15) is 0 Å². The highest BCUT2D eigenvalue weighted by Crippen LogP contribution is 2.25. The SMILES string of the molecule is O=C(OCC(=O)N1CCN(c2ccccc2)CC1)c1ccc(S(=O)(=O)N2CCc3ccccc3C2)cc1. The molecule has 0 aromatic heterocycles. The van der Waals surface area contributed by atoms with E-state index in [9.17, 15) is 18.0 Å². The molecular formula is C28H29N3O5S. The fourth-order valence-electron chi connectivity index (χ4n) is 4.74. The molecule has 0 radical (unpaired) electrons. The van der Waals surface area contributed by atoms with Crippen molar-refractivity contribution in [3.63, 3.8) is 0 Å². The molecule has 9 heteroatoms. The summed E-state index contributed by atoms with van der Waals surface area (Å²) in [5, 5.41) is 0. The van der Waals surface area contributed by atoms with Gasteiger partial charge < -0.3 is 14.5 Å². The first-order valence-electron chi connectivity index (χ1n) is 12.3. The van der Waals surface area contributed by atoms with Gasteiger partial charge in [-0.05, 0) is 53.9 Å². The van der Waals surface area contributed by atoms with E-state index in [2.05, 4.69) is 4.90 Å². The summed E-state index contributed by atoms with van der Waals surface area (Å²) in [6.07, 6.45) is 0.662. The normalized spacial score (nSPS) is 16.2. The van der Waals surface area contributed by atoms with E-state index in [-0.39, 0.29) is 23.0 Å².